The molecule has 1 atom stereocenters. The van der Waals surface area contributed by atoms with Crippen molar-refractivity contribution in [3.05, 3.63) is 47.5 Å². The number of benzene rings is 1. The molecule has 0 radical (unpaired) electrons. The van der Waals surface area contributed by atoms with Gasteiger partial charge in [-0.2, -0.15) is 0 Å². The molecule has 94 valence electrons. The maximum absolute atomic E-state index is 13.7. The summed E-state index contributed by atoms with van der Waals surface area (Å²) in [6, 6.07) is 4.55. The van der Waals surface area contributed by atoms with Gasteiger partial charge in [-0.3, -0.25) is 0 Å². The fourth-order valence-corrected chi connectivity index (χ4v) is 2.53. The Kier molecular flexibility index (Phi) is 3.93. The van der Waals surface area contributed by atoms with E-state index in [0.29, 0.717) is 10.7 Å². The van der Waals surface area contributed by atoms with Crippen LogP contribution in [0.3, 0.4) is 0 Å². The van der Waals surface area contributed by atoms with Gasteiger partial charge in [-0.25, -0.2) is 14.4 Å². The minimum atomic E-state index is -0.362. The third kappa shape index (κ3) is 2.86. The van der Waals surface area contributed by atoms with Crippen molar-refractivity contribution in [2.45, 2.75) is 29.9 Å². The van der Waals surface area contributed by atoms with Crippen LogP contribution < -0.4 is 5.73 Å². The second kappa shape index (κ2) is 5.46. The first-order valence-electron chi connectivity index (χ1n) is 5.58. The van der Waals surface area contributed by atoms with Crippen LogP contribution in [0.2, 0.25) is 0 Å². The molecule has 0 fully saturated rings. The second-order valence-corrected chi connectivity index (χ2v) is 5.09. The summed E-state index contributed by atoms with van der Waals surface area (Å²) < 4.78 is 13.7. The highest BCUT2D eigenvalue weighted by Crippen LogP contribution is 2.32. The molecule has 0 aliphatic rings. The summed E-state index contributed by atoms with van der Waals surface area (Å²) >= 11 is 1.32. The van der Waals surface area contributed by atoms with E-state index in [-0.39, 0.29) is 11.9 Å². The lowest BCUT2D eigenvalue weighted by Gasteiger charge is -2.12. The molecular weight excluding hydrogens is 249 g/mol. The molecule has 0 unspecified atom stereocenters. The molecule has 0 spiro atoms. The number of halogens is 1. The van der Waals surface area contributed by atoms with Crippen LogP contribution >= 0.6 is 11.8 Å². The van der Waals surface area contributed by atoms with E-state index in [9.17, 15) is 4.39 Å². The number of hydrogen-bond acceptors (Lipinski definition) is 4. The zero-order valence-corrected chi connectivity index (χ0v) is 11.0. The summed E-state index contributed by atoms with van der Waals surface area (Å²) in [6.07, 6.45) is 3.47. The van der Waals surface area contributed by atoms with Crippen molar-refractivity contribution in [1.29, 1.82) is 0 Å². The maximum atomic E-state index is 13.7. The Bertz CT molecular complexity index is 540. The molecule has 0 amide bonds. The molecule has 2 aromatic rings. The van der Waals surface area contributed by atoms with Crippen LogP contribution in [0.25, 0.3) is 0 Å². The van der Waals surface area contributed by atoms with Gasteiger partial charge in [0.25, 0.3) is 0 Å². The average Bonchev–Trinajstić information content (AvgIpc) is 2.32. The van der Waals surface area contributed by atoms with Crippen molar-refractivity contribution in [1.82, 2.24) is 9.97 Å². The zero-order chi connectivity index (χ0) is 13.1. The van der Waals surface area contributed by atoms with Gasteiger partial charge in [0.05, 0.1) is 0 Å². The van der Waals surface area contributed by atoms with Gasteiger partial charge in [0.1, 0.15) is 5.82 Å². The van der Waals surface area contributed by atoms with Crippen LogP contribution in [0, 0.1) is 12.7 Å². The lowest BCUT2D eigenvalue weighted by molar-refractivity contribution is 0.585. The lowest BCUT2D eigenvalue weighted by atomic mass is 10.1. The van der Waals surface area contributed by atoms with Gasteiger partial charge in [-0.15, -0.1) is 0 Å². The molecule has 1 aromatic heterocycles. The summed E-state index contributed by atoms with van der Waals surface area (Å²) in [7, 11) is 0. The van der Waals surface area contributed by atoms with E-state index in [1.165, 1.54) is 17.8 Å². The predicted molar refractivity (Wildman–Crippen MR) is 69.9 cm³/mol. The van der Waals surface area contributed by atoms with Crippen molar-refractivity contribution in [3.8, 4) is 0 Å². The van der Waals surface area contributed by atoms with E-state index < -0.39 is 0 Å². The highest BCUT2D eigenvalue weighted by molar-refractivity contribution is 7.99. The molecule has 2 rings (SSSR count). The Hall–Kier alpha value is -1.46. The number of nitrogens with zero attached hydrogens (tertiary/aromatic N) is 2. The van der Waals surface area contributed by atoms with Gasteiger partial charge in [0.2, 0.25) is 0 Å². The Morgan fingerprint density at radius 1 is 1.28 bits per heavy atom. The van der Waals surface area contributed by atoms with Crippen molar-refractivity contribution >= 4 is 11.8 Å². The van der Waals surface area contributed by atoms with Gasteiger partial charge >= 0.3 is 0 Å². The third-order valence-electron chi connectivity index (χ3n) is 2.43. The van der Waals surface area contributed by atoms with E-state index in [4.69, 9.17) is 5.73 Å². The maximum Gasteiger partial charge on any atom is 0.192 e. The standard InChI is InChI=1S/C13H14FN3S/c1-8-6-16-13(17-7-8)18-11-5-3-4-10(14)12(11)9(2)15/h3-7,9H,15H2,1-2H3/t9-/m0/s1. The molecule has 3 nitrogen and oxygen atoms in total. The Balaban J connectivity index is 2.34. The van der Waals surface area contributed by atoms with Gasteiger partial charge < -0.3 is 5.73 Å². The predicted octanol–water partition coefficient (Wildman–Crippen LogP) is 3.10. The largest absolute Gasteiger partial charge is 0.324 e. The van der Waals surface area contributed by atoms with E-state index >= 15 is 0 Å². The molecule has 0 saturated heterocycles. The molecule has 1 aromatic carbocycles. The molecule has 2 N–H and O–H groups in total. The third-order valence-corrected chi connectivity index (χ3v) is 3.40. The summed E-state index contributed by atoms with van der Waals surface area (Å²) in [5.41, 5.74) is 7.30. The minimum absolute atomic E-state index is 0.290. The minimum Gasteiger partial charge on any atom is -0.324 e. The Labute approximate surface area is 110 Å². The second-order valence-electron chi connectivity index (χ2n) is 4.09. The molecule has 5 heteroatoms. The summed E-state index contributed by atoms with van der Waals surface area (Å²) in [5.74, 6) is -0.290. The van der Waals surface area contributed by atoms with E-state index in [2.05, 4.69) is 9.97 Å². The molecular formula is C13H14FN3S. The van der Waals surface area contributed by atoms with Crippen molar-refractivity contribution in [2.24, 2.45) is 5.73 Å². The molecule has 18 heavy (non-hydrogen) atoms. The topological polar surface area (TPSA) is 51.8 Å². The van der Waals surface area contributed by atoms with Crippen LogP contribution in [-0.4, -0.2) is 9.97 Å². The SMILES string of the molecule is Cc1cnc(Sc2cccc(F)c2[C@H](C)N)nc1. The number of hydrogen-bond donors (Lipinski definition) is 1. The monoisotopic (exact) mass is 263 g/mol. The summed E-state index contributed by atoms with van der Waals surface area (Å²) in [6.45, 7) is 3.68. The molecule has 0 aliphatic carbocycles. The van der Waals surface area contributed by atoms with Gasteiger partial charge in [-0.1, -0.05) is 6.07 Å². The van der Waals surface area contributed by atoms with Gasteiger partial charge in [-0.05, 0) is 43.3 Å². The van der Waals surface area contributed by atoms with Crippen LogP contribution in [0.5, 0.6) is 0 Å². The van der Waals surface area contributed by atoms with E-state index in [0.717, 1.165) is 10.5 Å². The smallest absolute Gasteiger partial charge is 0.192 e. The zero-order valence-electron chi connectivity index (χ0n) is 10.2. The number of aromatic nitrogens is 2. The van der Waals surface area contributed by atoms with Crippen molar-refractivity contribution in [3.63, 3.8) is 0 Å². The fourth-order valence-electron chi connectivity index (χ4n) is 1.58. The summed E-state index contributed by atoms with van der Waals surface area (Å²) in [4.78, 5) is 9.14. The molecule has 1 heterocycles. The first-order valence-corrected chi connectivity index (χ1v) is 6.40. The van der Waals surface area contributed by atoms with Gasteiger partial charge in [0, 0.05) is 28.9 Å². The van der Waals surface area contributed by atoms with E-state index in [1.54, 1.807) is 25.4 Å². The van der Waals surface area contributed by atoms with Crippen LogP contribution in [0.15, 0.2) is 40.6 Å². The Morgan fingerprint density at radius 3 is 2.56 bits per heavy atom. The van der Waals surface area contributed by atoms with Crippen LogP contribution in [0.1, 0.15) is 24.1 Å². The summed E-state index contributed by atoms with van der Waals surface area (Å²) in [5, 5.41) is 0.591. The quantitative estimate of drug-likeness (QED) is 0.865. The number of nitrogens with two attached hydrogens (primary N) is 1. The normalized spacial score (nSPS) is 12.4. The highest BCUT2D eigenvalue weighted by Gasteiger charge is 2.14. The number of rotatable bonds is 3. The molecule has 0 bridgehead atoms. The Morgan fingerprint density at radius 2 is 1.94 bits per heavy atom. The molecule has 0 aliphatic heterocycles. The van der Waals surface area contributed by atoms with Crippen LogP contribution in [0.4, 0.5) is 4.39 Å². The highest BCUT2D eigenvalue weighted by atomic mass is 32.2. The van der Waals surface area contributed by atoms with Crippen molar-refractivity contribution < 1.29 is 4.39 Å². The van der Waals surface area contributed by atoms with Gasteiger partial charge in [0.15, 0.2) is 5.16 Å². The lowest BCUT2D eigenvalue weighted by Crippen LogP contribution is -2.09. The first kappa shape index (κ1) is 13.0. The van der Waals surface area contributed by atoms with E-state index in [1.807, 2.05) is 13.0 Å². The molecule has 0 saturated carbocycles. The van der Waals surface area contributed by atoms with Crippen molar-refractivity contribution in [2.75, 3.05) is 0 Å². The first-order chi connectivity index (χ1) is 8.58. The average molecular weight is 263 g/mol. The fraction of sp³-hybridized carbons (Fsp3) is 0.231. The van der Waals surface area contributed by atoms with Crippen LogP contribution in [-0.2, 0) is 0 Å². The number of aryl methyl sites for hydroxylation is 1.